The Balaban J connectivity index is 1.51. The first-order valence-corrected chi connectivity index (χ1v) is 7.74. The van der Waals surface area contributed by atoms with E-state index in [9.17, 15) is 0 Å². The molecular formula is C20H18N2. The molecule has 2 nitrogen and oxygen atoms in total. The molecule has 0 saturated carbocycles. The maximum absolute atomic E-state index is 4.56. The lowest BCUT2D eigenvalue weighted by Crippen LogP contribution is -2.22. The van der Waals surface area contributed by atoms with Crippen molar-refractivity contribution in [3.8, 4) is 0 Å². The zero-order valence-corrected chi connectivity index (χ0v) is 12.4. The van der Waals surface area contributed by atoms with Crippen LogP contribution in [-0.4, -0.2) is 11.8 Å². The topological polar surface area (TPSA) is 24.4 Å². The van der Waals surface area contributed by atoms with Gasteiger partial charge in [0.25, 0.3) is 0 Å². The maximum atomic E-state index is 4.56. The van der Waals surface area contributed by atoms with Crippen LogP contribution in [0.2, 0.25) is 0 Å². The van der Waals surface area contributed by atoms with Crippen molar-refractivity contribution in [2.24, 2.45) is 5.10 Å². The summed E-state index contributed by atoms with van der Waals surface area (Å²) < 4.78 is 0. The number of fused-ring (bicyclic) bond motifs is 1. The lowest BCUT2D eigenvalue weighted by atomic mass is 9.98. The molecule has 1 aliphatic rings. The highest BCUT2D eigenvalue weighted by molar-refractivity contribution is 6.04. The molecule has 0 aliphatic carbocycles. The monoisotopic (exact) mass is 286 g/mol. The van der Waals surface area contributed by atoms with E-state index in [0.29, 0.717) is 6.04 Å². The number of rotatable bonds is 3. The minimum atomic E-state index is 0.392. The van der Waals surface area contributed by atoms with Gasteiger partial charge in [-0.2, -0.15) is 5.10 Å². The number of nitrogens with one attached hydrogen (secondary N) is 1. The largest absolute Gasteiger partial charge is 0.306 e. The molecule has 108 valence electrons. The highest BCUT2D eigenvalue weighted by Gasteiger charge is 2.19. The average molecular weight is 286 g/mol. The molecule has 1 unspecified atom stereocenters. The van der Waals surface area contributed by atoms with Crippen LogP contribution in [0.3, 0.4) is 0 Å². The number of hydrazone groups is 1. The molecule has 0 aromatic heterocycles. The van der Waals surface area contributed by atoms with Gasteiger partial charge in [-0.25, -0.2) is 0 Å². The van der Waals surface area contributed by atoms with Gasteiger partial charge in [-0.15, -0.1) is 0 Å². The van der Waals surface area contributed by atoms with Crippen LogP contribution in [0.4, 0.5) is 0 Å². The lowest BCUT2D eigenvalue weighted by molar-refractivity contribution is 0.581. The summed E-state index contributed by atoms with van der Waals surface area (Å²) in [6, 6.07) is 26.0. The molecule has 0 bridgehead atoms. The summed E-state index contributed by atoms with van der Waals surface area (Å²) in [6.07, 6.45) is 1.99. The number of hydrogen-bond acceptors (Lipinski definition) is 2. The van der Waals surface area contributed by atoms with Gasteiger partial charge in [0.1, 0.15) is 0 Å². The summed E-state index contributed by atoms with van der Waals surface area (Å²) in [5.41, 5.74) is 7.03. The Labute approximate surface area is 130 Å². The zero-order chi connectivity index (χ0) is 14.8. The fraction of sp³-hybridized carbons (Fsp3) is 0.150. The third-order valence-electron chi connectivity index (χ3n) is 4.23. The van der Waals surface area contributed by atoms with E-state index in [1.807, 2.05) is 0 Å². The Hall–Kier alpha value is -2.61. The van der Waals surface area contributed by atoms with Gasteiger partial charge in [-0.05, 0) is 34.4 Å². The smallest absolute Gasteiger partial charge is 0.0696 e. The van der Waals surface area contributed by atoms with Crippen molar-refractivity contribution < 1.29 is 0 Å². The molecule has 1 atom stereocenters. The van der Waals surface area contributed by atoms with E-state index in [1.165, 1.54) is 21.9 Å². The summed E-state index contributed by atoms with van der Waals surface area (Å²) in [5, 5.41) is 7.11. The van der Waals surface area contributed by atoms with Crippen molar-refractivity contribution in [3.05, 3.63) is 83.9 Å². The Morgan fingerprint density at radius 2 is 1.64 bits per heavy atom. The fourth-order valence-corrected chi connectivity index (χ4v) is 3.06. The second-order valence-corrected chi connectivity index (χ2v) is 5.84. The summed E-state index contributed by atoms with van der Waals surface area (Å²) in [4.78, 5) is 0. The Bertz CT molecular complexity index is 821. The summed E-state index contributed by atoms with van der Waals surface area (Å²) in [5.74, 6) is 0. The van der Waals surface area contributed by atoms with Gasteiger partial charge in [0.15, 0.2) is 0 Å². The predicted molar refractivity (Wildman–Crippen MR) is 92.2 cm³/mol. The molecule has 3 aromatic carbocycles. The molecule has 1 heterocycles. The van der Waals surface area contributed by atoms with Crippen LogP contribution in [0.5, 0.6) is 0 Å². The molecule has 0 fully saturated rings. The molecular weight excluding hydrogens is 268 g/mol. The van der Waals surface area contributed by atoms with Gasteiger partial charge in [0.05, 0.1) is 11.8 Å². The van der Waals surface area contributed by atoms with E-state index in [2.05, 4.69) is 83.3 Å². The molecule has 4 rings (SSSR count). The lowest BCUT2D eigenvalue weighted by Gasteiger charge is -2.09. The highest BCUT2D eigenvalue weighted by Crippen LogP contribution is 2.20. The Kier molecular flexibility index (Phi) is 3.36. The Morgan fingerprint density at radius 1 is 0.864 bits per heavy atom. The second kappa shape index (κ2) is 5.64. The first-order chi connectivity index (χ1) is 10.9. The minimum absolute atomic E-state index is 0.392. The van der Waals surface area contributed by atoms with Crippen LogP contribution in [0.1, 0.15) is 17.5 Å². The second-order valence-electron chi connectivity index (χ2n) is 5.84. The van der Waals surface area contributed by atoms with Crippen molar-refractivity contribution in [2.45, 2.75) is 18.9 Å². The molecule has 2 heteroatoms. The van der Waals surface area contributed by atoms with E-state index >= 15 is 0 Å². The number of nitrogens with zero attached hydrogens (tertiary/aromatic N) is 1. The van der Waals surface area contributed by atoms with E-state index in [-0.39, 0.29) is 0 Å². The quantitative estimate of drug-likeness (QED) is 0.768. The van der Waals surface area contributed by atoms with Gasteiger partial charge >= 0.3 is 0 Å². The molecule has 1 N–H and O–H groups in total. The van der Waals surface area contributed by atoms with Gasteiger partial charge < -0.3 is 5.43 Å². The van der Waals surface area contributed by atoms with Crippen LogP contribution in [-0.2, 0) is 6.42 Å². The molecule has 22 heavy (non-hydrogen) atoms. The Morgan fingerprint density at radius 3 is 2.50 bits per heavy atom. The normalized spacial score (nSPS) is 17.3. The summed E-state index contributed by atoms with van der Waals surface area (Å²) in [6.45, 7) is 0. The molecule has 0 spiro atoms. The first-order valence-electron chi connectivity index (χ1n) is 7.74. The van der Waals surface area contributed by atoms with Crippen LogP contribution >= 0.6 is 0 Å². The number of hydrogen-bond donors (Lipinski definition) is 1. The van der Waals surface area contributed by atoms with Crippen LogP contribution in [0, 0.1) is 0 Å². The summed E-state index contributed by atoms with van der Waals surface area (Å²) in [7, 11) is 0. The SMILES string of the molecule is c1ccc(CC2CC(c3ccc4ccccc4c3)=NN2)cc1. The van der Waals surface area contributed by atoms with Crippen molar-refractivity contribution >= 4 is 16.5 Å². The average Bonchev–Trinajstić information content (AvgIpc) is 3.04. The minimum Gasteiger partial charge on any atom is -0.306 e. The van der Waals surface area contributed by atoms with Crippen molar-refractivity contribution in [2.75, 3.05) is 0 Å². The van der Waals surface area contributed by atoms with Gasteiger partial charge in [0.2, 0.25) is 0 Å². The molecule has 3 aromatic rings. The van der Waals surface area contributed by atoms with Crippen molar-refractivity contribution in [1.82, 2.24) is 5.43 Å². The molecule has 0 saturated heterocycles. The number of benzene rings is 3. The van der Waals surface area contributed by atoms with Crippen LogP contribution in [0.25, 0.3) is 10.8 Å². The van der Waals surface area contributed by atoms with Gasteiger partial charge in [-0.3, -0.25) is 0 Å². The standard InChI is InChI=1S/C20H18N2/c1-2-6-15(7-3-1)12-19-14-20(22-21-19)18-11-10-16-8-4-5-9-17(16)13-18/h1-11,13,19,21H,12,14H2. The first kappa shape index (κ1) is 13.1. The molecule has 0 amide bonds. The van der Waals surface area contributed by atoms with Crippen molar-refractivity contribution in [1.29, 1.82) is 0 Å². The fourth-order valence-electron chi connectivity index (χ4n) is 3.06. The molecule has 0 radical (unpaired) electrons. The maximum Gasteiger partial charge on any atom is 0.0696 e. The van der Waals surface area contributed by atoms with E-state index in [0.717, 1.165) is 18.6 Å². The zero-order valence-electron chi connectivity index (χ0n) is 12.4. The molecule has 1 aliphatic heterocycles. The highest BCUT2D eigenvalue weighted by atomic mass is 15.3. The third kappa shape index (κ3) is 2.60. The predicted octanol–water partition coefficient (Wildman–Crippen LogP) is 4.15. The van der Waals surface area contributed by atoms with E-state index in [1.54, 1.807) is 0 Å². The summed E-state index contributed by atoms with van der Waals surface area (Å²) >= 11 is 0. The van der Waals surface area contributed by atoms with Crippen LogP contribution < -0.4 is 5.43 Å². The van der Waals surface area contributed by atoms with E-state index in [4.69, 9.17) is 0 Å². The van der Waals surface area contributed by atoms with Crippen molar-refractivity contribution in [3.63, 3.8) is 0 Å². The van der Waals surface area contributed by atoms with Crippen LogP contribution in [0.15, 0.2) is 77.9 Å². The van der Waals surface area contributed by atoms with E-state index < -0.39 is 0 Å². The van der Waals surface area contributed by atoms with Gasteiger partial charge in [0, 0.05) is 6.42 Å². The van der Waals surface area contributed by atoms with Gasteiger partial charge in [-0.1, -0.05) is 66.7 Å². The third-order valence-corrected chi connectivity index (χ3v) is 4.23.